The lowest BCUT2D eigenvalue weighted by Crippen LogP contribution is -2.35. The first-order valence-corrected chi connectivity index (χ1v) is 10.00. The number of amides is 2. The fourth-order valence-corrected chi connectivity index (χ4v) is 4.14. The fourth-order valence-electron chi connectivity index (χ4n) is 4.14. The number of hydrogen-bond acceptors (Lipinski definition) is 4. The summed E-state index contributed by atoms with van der Waals surface area (Å²) in [5, 5.41) is 2.78. The molecule has 0 radical (unpaired) electrons. The number of fused-ring (bicyclic) bond motifs is 1. The van der Waals surface area contributed by atoms with E-state index in [1.807, 2.05) is 18.7 Å². The normalized spacial score (nSPS) is 19.4. The Balaban J connectivity index is 1.59. The molecule has 3 rings (SSSR count). The molecule has 1 aromatic rings. The number of ketones is 1. The molecule has 1 aliphatic heterocycles. The highest BCUT2D eigenvalue weighted by Gasteiger charge is 2.37. The van der Waals surface area contributed by atoms with E-state index in [4.69, 9.17) is 4.42 Å². The van der Waals surface area contributed by atoms with Crippen molar-refractivity contribution in [3.05, 3.63) is 22.6 Å². The lowest BCUT2D eigenvalue weighted by Gasteiger charge is -2.27. The molecule has 1 fully saturated rings. The third-order valence-electron chi connectivity index (χ3n) is 5.57. The first-order valence-electron chi connectivity index (χ1n) is 10.00. The van der Waals surface area contributed by atoms with E-state index in [2.05, 4.69) is 5.32 Å². The van der Waals surface area contributed by atoms with Gasteiger partial charge in [-0.05, 0) is 25.2 Å². The van der Waals surface area contributed by atoms with Crippen LogP contribution in [-0.4, -0.2) is 42.1 Å². The first-order chi connectivity index (χ1) is 12.8. The lowest BCUT2D eigenvalue weighted by molar-refractivity contribution is -0.131. The van der Waals surface area contributed by atoms with Gasteiger partial charge in [0.2, 0.25) is 5.91 Å². The van der Waals surface area contributed by atoms with Gasteiger partial charge in [-0.1, -0.05) is 26.7 Å². The average Bonchev–Trinajstić information content (AvgIpc) is 2.76. The second-order valence-corrected chi connectivity index (χ2v) is 8.60. The highest BCUT2D eigenvalue weighted by molar-refractivity contribution is 6.03. The van der Waals surface area contributed by atoms with Crippen molar-refractivity contribution in [3.63, 3.8) is 0 Å². The van der Waals surface area contributed by atoms with Gasteiger partial charge in [0.15, 0.2) is 11.5 Å². The van der Waals surface area contributed by atoms with E-state index in [9.17, 15) is 14.4 Å². The van der Waals surface area contributed by atoms with Gasteiger partial charge in [-0.2, -0.15) is 0 Å². The number of rotatable bonds is 4. The summed E-state index contributed by atoms with van der Waals surface area (Å²) in [6, 6.07) is 0. The van der Waals surface area contributed by atoms with E-state index >= 15 is 0 Å². The highest BCUT2D eigenvalue weighted by Crippen LogP contribution is 2.38. The van der Waals surface area contributed by atoms with E-state index in [0.29, 0.717) is 29.7 Å². The van der Waals surface area contributed by atoms with Crippen molar-refractivity contribution in [2.45, 2.75) is 65.7 Å². The Morgan fingerprint density at radius 3 is 2.44 bits per heavy atom. The van der Waals surface area contributed by atoms with Crippen LogP contribution in [0, 0.1) is 12.3 Å². The third-order valence-corrected chi connectivity index (χ3v) is 5.57. The molecule has 2 amide bonds. The number of hydrogen-bond donors (Lipinski definition) is 1. The van der Waals surface area contributed by atoms with Crippen molar-refractivity contribution >= 4 is 17.6 Å². The van der Waals surface area contributed by atoms with E-state index in [-0.39, 0.29) is 41.7 Å². The summed E-state index contributed by atoms with van der Waals surface area (Å²) >= 11 is 0. The zero-order valence-corrected chi connectivity index (χ0v) is 16.7. The van der Waals surface area contributed by atoms with Crippen LogP contribution in [0.2, 0.25) is 0 Å². The van der Waals surface area contributed by atoms with E-state index in [1.54, 1.807) is 6.92 Å². The molecular formula is C21H30N2O4. The molecule has 0 bridgehead atoms. The minimum absolute atomic E-state index is 0.0397. The van der Waals surface area contributed by atoms with Gasteiger partial charge < -0.3 is 14.6 Å². The molecule has 1 aromatic heterocycles. The maximum atomic E-state index is 12.5. The van der Waals surface area contributed by atoms with Crippen LogP contribution in [0.4, 0.5) is 0 Å². The molecule has 1 N–H and O–H groups in total. The van der Waals surface area contributed by atoms with Crippen LogP contribution in [0.15, 0.2) is 4.42 Å². The minimum atomic E-state index is -0.351. The Hall–Kier alpha value is -2.11. The fraction of sp³-hybridized carbons (Fsp3) is 0.667. The largest absolute Gasteiger partial charge is 0.455 e. The van der Waals surface area contributed by atoms with Crippen molar-refractivity contribution < 1.29 is 18.8 Å². The topological polar surface area (TPSA) is 79.6 Å². The Kier molecular flexibility index (Phi) is 5.72. The number of Topliss-reactive ketones (excluding diaryl/α,β-unsaturated/α-hetero) is 1. The van der Waals surface area contributed by atoms with E-state index < -0.39 is 0 Å². The van der Waals surface area contributed by atoms with Gasteiger partial charge in [0, 0.05) is 44.5 Å². The summed E-state index contributed by atoms with van der Waals surface area (Å²) in [6.07, 6.45) is 5.87. The number of likely N-dealkylation sites (tertiary alicyclic amines) is 1. The third kappa shape index (κ3) is 4.42. The standard InChI is InChI=1S/C21H30N2O4/c1-14-18-15(24)12-21(2,3)13-16(18)27-19(14)20(26)22-9-8-17(25)23-10-6-4-5-7-11-23/h4-13H2,1-3H3,(H,22,26). The van der Waals surface area contributed by atoms with Crippen LogP contribution in [0.5, 0.6) is 0 Å². The molecule has 6 heteroatoms. The second-order valence-electron chi connectivity index (χ2n) is 8.60. The quantitative estimate of drug-likeness (QED) is 0.877. The first kappa shape index (κ1) is 19.6. The maximum Gasteiger partial charge on any atom is 0.287 e. The van der Waals surface area contributed by atoms with Crippen LogP contribution in [0.1, 0.15) is 84.6 Å². The van der Waals surface area contributed by atoms with Gasteiger partial charge >= 0.3 is 0 Å². The van der Waals surface area contributed by atoms with E-state index in [0.717, 1.165) is 25.9 Å². The molecule has 1 saturated heterocycles. The number of carbonyl (C=O) groups excluding carboxylic acids is 3. The van der Waals surface area contributed by atoms with Crippen molar-refractivity contribution in [2.24, 2.45) is 5.41 Å². The van der Waals surface area contributed by atoms with Gasteiger partial charge in [-0.15, -0.1) is 0 Å². The summed E-state index contributed by atoms with van der Waals surface area (Å²) in [5.74, 6) is 0.589. The Bertz CT molecular complexity index is 740. The number of furan rings is 1. The molecule has 2 heterocycles. The molecule has 6 nitrogen and oxygen atoms in total. The van der Waals surface area contributed by atoms with Gasteiger partial charge in [-0.25, -0.2) is 0 Å². The molecule has 1 aliphatic carbocycles. The average molecular weight is 374 g/mol. The summed E-state index contributed by atoms with van der Waals surface area (Å²) < 4.78 is 5.77. The summed E-state index contributed by atoms with van der Waals surface area (Å²) in [5.41, 5.74) is 1.03. The van der Waals surface area contributed by atoms with Crippen LogP contribution >= 0.6 is 0 Å². The molecule has 0 unspecified atom stereocenters. The lowest BCUT2D eigenvalue weighted by atomic mass is 9.76. The van der Waals surface area contributed by atoms with Crippen molar-refractivity contribution in [3.8, 4) is 0 Å². The van der Waals surface area contributed by atoms with Crippen LogP contribution < -0.4 is 5.32 Å². The van der Waals surface area contributed by atoms with Crippen LogP contribution in [0.25, 0.3) is 0 Å². The monoisotopic (exact) mass is 374 g/mol. The van der Waals surface area contributed by atoms with Crippen LogP contribution in [-0.2, 0) is 11.2 Å². The predicted molar refractivity (Wildman–Crippen MR) is 102 cm³/mol. The summed E-state index contributed by atoms with van der Waals surface area (Å²) in [7, 11) is 0. The highest BCUT2D eigenvalue weighted by atomic mass is 16.4. The number of nitrogens with one attached hydrogen (secondary N) is 1. The molecule has 148 valence electrons. The number of nitrogens with zero attached hydrogens (tertiary/aromatic N) is 1. The number of carbonyl (C=O) groups is 3. The van der Waals surface area contributed by atoms with Crippen molar-refractivity contribution in [1.82, 2.24) is 10.2 Å². The molecule has 0 spiro atoms. The Morgan fingerprint density at radius 1 is 1.11 bits per heavy atom. The molecular weight excluding hydrogens is 344 g/mol. The van der Waals surface area contributed by atoms with Crippen LogP contribution in [0.3, 0.4) is 0 Å². The predicted octanol–water partition coefficient (Wildman–Crippen LogP) is 3.27. The van der Waals surface area contributed by atoms with Crippen molar-refractivity contribution in [1.29, 1.82) is 0 Å². The van der Waals surface area contributed by atoms with Gasteiger partial charge in [0.1, 0.15) is 5.76 Å². The second kappa shape index (κ2) is 7.87. The van der Waals surface area contributed by atoms with Gasteiger partial charge in [0.25, 0.3) is 5.91 Å². The summed E-state index contributed by atoms with van der Waals surface area (Å²) in [4.78, 5) is 39.2. The van der Waals surface area contributed by atoms with E-state index in [1.165, 1.54) is 12.8 Å². The van der Waals surface area contributed by atoms with Gasteiger partial charge in [0.05, 0.1) is 5.56 Å². The zero-order chi connectivity index (χ0) is 19.6. The maximum absolute atomic E-state index is 12.5. The summed E-state index contributed by atoms with van der Waals surface area (Å²) in [6.45, 7) is 7.72. The Morgan fingerprint density at radius 2 is 1.78 bits per heavy atom. The SMILES string of the molecule is Cc1c(C(=O)NCCC(=O)N2CCCCCC2)oc2c1C(=O)CC(C)(C)C2. The Labute approximate surface area is 160 Å². The molecule has 27 heavy (non-hydrogen) atoms. The minimum Gasteiger partial charge on any atom is -0.455 e. The van der Waals surface area contributed by atoms with Crippen molar-refractivity contribution in [2.75, 3.05) is 19.6 Å². The smallest absolute Gasteiger partial charge is 0.287 e. The molecule has 0 saturated carbocycles. The molecule has 0 atom stereocenters. The van der Waals surface area contributed by atoms with Gasteiger partial charge in [-0.3, -0.25) is 14.4 Å². The zero-order valence-electron chi connectivity index (χ0n) is 16.7. The molecule has 0 aromatic carbocycles. The molecule has 2 aliphatic rings.